The zero-order valence-electron chi connectivity index (χ0n) is 31.9. The van der Waals surface area contributed by atoms with E-state index in [9.17, 15) is 18.9 Å². The predicted molar refractivity (Wildman–Crippen MR) is 204 cm³/mol. The number of esters is 1. The third-order valence-electron chi connectivity index (χ3n) is 9.72. The zero-order valence-corrected chi connectivity index (χ0v) is 32.8. The van der Waals surface area contributed by atoms with Crippen molar-refractivity contribution in [3.63, 3.8) is 0 Å². The average molecular weight is 814 g/mol. The Bertz CT molecular complexity index is 2010. The van der Waals surface area contributed by atoms with Crippen LogP contribution in [0.25, 0.3) is 5.69 Å². The van der Waals surface area contributed by atoms with Gasteiger partial charge >= 0.3 is 25.6 Å². The molecule has 0 radical (unpaired) electrons. The zero-order chi connectivity index (χ0) is 40.5. The van der Waals surface area contributed by atoms with Gasteiger partial charge in [0.25, 0.3) is 0 Å². The normalized spacial score (nSPS) is 18.8. The maximum atomic E-state index is 13.5. The van der Waals surface area contributed by atoms with Gasteiger partial charge in [-0.1, -0.05) is 6.92 Å². The molecular weight excluding hydrogens is 765 g/mol. The fourth-order valence-electron chi connectivity index (χ4n) is 6.81. The molecule has 6 rings (SSSR count). The molecule has 5 atom stereocenters. The number of nitrogens with one attached hydrogen (secondary N) is 1. The van der Waals surface area contributed by atoms with E-state index < -0.39 is 50.5 Å². The van der Waals surface area contributed by atoms with Crippen molar-refractivity contribution in [3.8, 4) is 11.4 Å². The van der Waals surface area contributed by atoms with Crippen LogP contribution < -0.4 is 25.3 Å². The summed E-state index contributed by atoms with van der Waals surface area (Å²) in [7, 11) is -4.63. The molecular formula is C36H48N9O11P. The van der Waals surface area contributed by atoms with E-state index >= 15 is 0 Å². The predicted octanol–water partition coefficient (Wildman–Crippen LogP) is 2.50. The maximum Gasteiger partial charge on any atom is 0.511 e. The molecule has 2 aromatic heterocycles. The van der Waals surface area contributed by atoms with E-state index in [1.165, 1.54) is 28.8 Å². The van der Waals surface area contributed by atoms with Crippen LogP contribution in [0, 0.1) is 5.92 Å². The Labute approximate surface area is 328 Å². The van der Waals surface area contributed by atoms with Crippen LogP contribution in [0.1, 0.15) is 39.7 Å². The molecule has 20 nitrogen and oxygen atoms in total. The molecule has 21 heteroatoms. The number of hydrogen-bond donors (Lipinski definition) is 3. The second kappa shape index (κ2) is 18.8. The Hall–Kier alpha value is -5.27. The molecule has 0 aliphatic carbocycles. The molecule has 4 aromatic rings. The highest BCUT2D eigenvalue weighted by Crippen LogP contribution is 2.28. The summed E-state index contributed by atoms with van der Waals surface area (Å²) in [4.78, 5) is 63.8. The van der Waals surface area contributed by atoms with Gasteiger partial charge in [-0.3, -0.25) is 9.48 Å². The molecule has 3 N–H and O–H groups in total. The molecule has 0 spiro atoms. The lowest BCUT2D eigenvalue weighted by molar-refractivity contribution is -0.167. The smallest absolute Gasteiger partial charge is 0.493 e. The van der Waals surface area contributed by atoms with Crippen LogP contribution in [0.4, 0.5) is 16.2 Å². The van der Waals surface area contributed by atoms with E-state index in [-0.39, 0.29) is 6.10 Å². The van der Waals surface area contributed by atoms with E-state index in [1.54, 1.807) is 23.0 Å². The summed E-state index contributed by atoms with van der Waals surface area (Å²) >= 11 is 0. The van der Waals surface area contributed by atoms with E-state index in [0.717, 1.165) is 49.7 Å². The molecule has 0 saturated carbocycles. The highest BCUT2D eigenvalue weighted by molar-refractivity contribution is 7.49. The number of carbonyl (C=O) groups excluding carboxylic acids is 2. The van der Waals surface area contributed by atoms with Crippen molar-refractivity contribution in [1.82, 2.24) is 34.2 Å². The number of nitrogens with zero attached hydrogens (tertiary/aromatic N) is 8. The van der Waals surface area contributed by atoms with E-state index in [4.69, 9.17) is 33.5 Å². The van der Waals surface area contributed by atoms with Crippen molar-refractivity contribution >= 4 is 31.2 Å². The number of ether oxygens (including phenoxy) is 5. The third-order valence-corrected chi connectivity index (χ3v) is 10.3. The summed E-state index contributed by atoms with van der Waals surface area (Å²) < 4.78 is 42.4. The summed E-state index contributed by atoms with van der Waals surface area (Å²) in [6, 6.07) is 15.3. The molecule has 0 bridgehead atoms. The highest BCUT2D eigenvalue weighted by Gasteiger charge is 2.28. The van der Waals surface area contributed by atoms with Gasteiger partial charge in [-0.25, -0.2) is 33.5 Å². The van der Waals surface area contributed by atoms with Gasteiger partial charge in [0.1, 0.15) is 37.4 Å². The number of piperazine rings is 1. The molecule has 0 amide bonds. The topological polar surface area (TPSA) is 227 Å². The number of anilines is 2. The van der Waals surface area contributed by atoms with E-state index in [0.29, 0.717) is 37.8 Å². The van der Waals surface area contributed by atoms with Crippen molar-refractivity contribution in [2.75, 3.05) is 55.7 Å². The first-order chi connectivity index (χ1) is 27.3. The van der Waals surface area contributed by atoms with E-state index in [1.807, 2.05) is 43.3 Å². The van der Waals surface area contributed by atoms with Gasteiger partial charge in [0.2, 0.25) is 6.29 Å². The van der Waals surface area contributed by atoms with Crippen molar-refractivity contribution in [2.45, 2.75) is 64.7 Å². The fraction of sp³-hybridized carbons (Fsp3) is 0.500. The molecule has 2 aliphatic heterocycles. The summed E-state index contributed by atoms with van der Waals surface area (Å²) in [5.41, 5.74) is 2.37. The largest absolute Gasteiger partial charge is 0.511 e. The fourth-order valence-corrected chi connectivity index (χ4v) is 7.15. The van der Waals surface area contributed by atoms with Crippen molar-refractivity contribution in [1.29, 1.82) is 0 Å². The molecule has 308 valence electrons. The van der Waals surface area contributed by atoms with Crippen molar-refractivity contribution in [2.24, 2.45) is 5.92 Å². The second-order valence-electron chi connectivity index (χ2n) is 13.8. The van der Waals surface area contributed by atoms with Crippen molar-refractivity contribution < 1.29 is 47.6 Å². The Kier molecular flexibility index (Phi) is 13.6. The van der Waals surface area contributed by atoms with Gasteiger partial charge in [-0.05, 0) is 68.3 Å². The first-order valence-electron chi connectivity index (χ1n) is 18.7. The van der Waals surface area contributed by atoms with Crippen LogP contribution in [-0.2, 0) is 34.9 Å². The van der Waals surface area contributed by atoms with Gasteiger partial charge in [0.05, 0.1) is 37.6 Å². The molecule has 2 fully saturated rings. The van der Waals surface area contributed by atoms with Crippen LogP contribution in [0.2, 0.25) is 0 Å². The third kappa shape index (κ3) is 11.4. The van der Waals surface area contributed by atoms with Gasteiger partial charge in [0, 0.05) is 50.4 Å². The first kappa shape index (κ1) is 41.4. The molecule has 2 saturated heterocycles. The molecule has 2 aliphatic rings. The first-order valence-corrected chi connectivity index (χ1v) is 20.3. The SMILES string of the molecule is CC[C@@H]([C@H](C)OC(=O)OC(C)OC(=O)CNP(=O)(O)O)n1ncn(-c2ccc(N3CCN(c4ccc(OC[C@@H]5CO[C@H](Cn6cncn6)C5)cc4)CC3)cc2)c1=O. The summed E-state index contributed by atoms with van der Waals surface area (Å²) in [5.74, 6) is 0.109. The Morgan fingerprint density at radius 2 is 1.58 bits per heavy atom. The van der Waals surface area contributed by atoms with Crippen LogP contribution >= 0.6 is 7.75 Å². The minimum atomic E-state index is -4.63. The van der Waals surface area contributed by atoms with E-state index in [2.05, 4.69) is 37.1 Å². The number of carbonyl (C=O) groups is 2. The number of hydrogen-bond acceptors (Lipinski definition) is 14. The summed E-state index contributed by atoms with van der Waals surface area (Å²) in [6.45, 7) is 9.11. The molecule has 4 heterocycles. The lowest BCUT2D eigenvalue weighted by Crippen LogP contribution is -2.46. The lowest BCUT2D eigenvalue weighted by Gasteiger charge is -2.37. The number of benzene rings is 2. The number of rotatable bonds is 17. The highest BCUT2D eigenvalue weighted by atomic mass is 31.2. The van der Waals surface area contributed by atoms with Crippen LogP contribution in [0.3, 0.4) is 0 Å². The van der Waals surface area contributed by atoms with Crippen LogP contribution in [0.15, 0.2) is 72.3 Å². The lowest BCUT2D eigenvalue weighted by atomic mass is 10.1. The Morgan fingerprint density at radius 3 is 2.19 bits per heavy atom. The standard InChI is InChI=1S/C36H48N9O11P/c1-4-33(25(2)54-36(48)56-26(3)55-34(46)18-40-57(49,50)51)45-35(47)44(24-39-45)30-7-5-28(6-8-30)41-13-15-42(16-14-41)29-9-11-31(12-10-29)52-20-27-17-32(53-21-27)19-43-23-37-22-38-43/h5-12,22-27,32-33H,4,13-21H2,1-3H3,(H3,40,49,50,51)/t25-,26?,27+,32-,33-/m0/s1. The molecule has 57 heavy (non-hydrogen) atoms. The maximum absolute atomic E-state index is 13.5. The van der Waals surface area contributed by atoms with Gasteiger partial charge in [0.15, 0.2) is 0 Å². The molecule has 2 aromatic carbocycles. The van der Waals surface area contributed by atoms with Crippen molar-refractivity contribution in [3.05, 3.63) is 78.0 Å². The number of aromatic nitrogens is 6. The van der Waals surface area contributed by atoms with Crippen LogP contribution in [-0.4, -0.2) is 115 Å². The summed E-state index contributed by atoms with van der Waals surface area (Å²) in [5, 5.41) is 10.1. The van der Waals surface area contributed by atoms with Gasteiger partial charge in [-0.15, -0.1) is 0 Å². The second-order valence-corrected chi connectivity index (χ2v) is 15.2. The monoisotopic (exact) mass is 813 g/mol. The quantitative estimate of drug-likeness (QED) is 0.0791. The average Bonchev–Trinajstić information content (AvgIpc) is 3.96. The Balaban J connectivity index is 0.947. The van der Waals surface area contributed by atoms with Crippen LogP contribution in [0.5, 0.6) is 5.75 Å². The minimum Gasteiger partial charge on any atom is -0.493 e. The summed E-state index contributed by atoms with van der Waals surface area (Å²) in [6.07, 6.45) is 2.63. The van der Waals surface area contributed by atoms with Gasteiger partial charge in [-0.2, -0.15) is 10.2 Å². The van der Waals surface area contributed by atoms with Gasteiger partial charge < -0.3 is 43.3 Å². The Morgan fingerprint density at radius 1 is 0.930 bits per heavy atom. The minimum absolute atomic E-state index is 0.117. The molecule has 1 unspecified atom stereocenters.